The molecular formula is C16H33NO3. The van der Waals surface area contributed by atoms with Crippen LogP contribution < -0.4 is 5.32 Å². The summed E-state index contributed by atoms with van der Waals surface area (Å²) >= 11 is 0. The third-order valence-electron chi connectivity index (χ3n) is 3.34. The standard InChI is InChI=1S/C16H33NO3/c1-5-6-8-16(2,3)9-12-19-10-7-11-20-14-15(18)13-17-4/h17H,5-14H2,1-4H3. The van der Waals surface area contributed by atoms with Gasteiger partial charge in [-0.1, -0.05) is 33.6 Å². The van der Waals surface area contributed by atoms with Crippen LogP contribution in [0.2, 0.25) is 0 Å². The van der Waals surface area contributed by atoms with Gasteiger partial charge in [-0.3, -0.25) is 4.79 Å². The summed E-state index contributed by atoms with van der Waals surface area (Å²) in [6.07, 6.45) is 5.77. The largest absolute Gasteiger partial charge is 0.381 e. The number of hydrogen-bond acceptors (Lipinski definition) is 4. The molecule has 0 atom stereocenters. The van der Waals surface area contributed by atoms with Gasteiger partial charge in [0.05, 0.1) is 6.54 Å². The van der Waals surface area contributed by atoms with Crippen LogP contribution in [0, 0.1) is 5.41 Å². The van der Waals surface area contributed by atoms with Gasteiger partial charge in [0.2, 0.25) is 0 Å². The number of rotatable bonds is 14. The topological polar surface area (TPSA) is 47.6 Å². The van der Waals surface area contributed by atoms with Gasteiger partial charge in [-0.15, -0.1) is 0 Å². The van der Waals surface area contributed by atoms with Crippen molar-refractivity contribution in [3.8, 4) is 0 Å². The average Bonchev–Trinajstić information content (AvgIpc) is 2.40. The van der Waals surface area contributed by atoms with Gasteiger partial charge in [0.25, 0.3) is 0 Å². The van der Waals surface area contributed by atoms with Crippen LogP contribution in [0.25, 0.3) is 0 Å². The quantitative estimate of drug-likeness (QED) is 0.499. The highest BCUT2D eigenvalue weighted by Crippen LogP contribution is 2.27. The second kappa shape index (κ2) is 12.3. The van der Waals surface area contributed by atoms with Gasteiger partial charge in [0, 0.05) is 19.8 Å². The first kappa shape index (κ1) is 19.6. The van der Waals surface area contributed by atoms with E-state index in [0.29, 0.717) is 25.2 Å². The maximum atomic E-state index is 11.2. The van der Waals surface area contributed by atoms with Gasteiger partial charge in [-0.05, 0) is 31.7 Å². The van der Waals surface area contributed by atoms with Crippen molar-refractivity contribution in [3.63, 3.8) is 0 Å². The minimum atomic E-state index is 0.0890. The third kappa shape index (κ3) is 12.6. The van der Waals surface area contributed by atoms with Crippen molar-refractivity contribution in [2.45, 2.75) is 52.9 Å². The zero-order valence-corrected chi connectivity index (χ0v) is 13.8. The fraction of sp³-hybridized carbons (Fsp3) is 0.938. The number of likely N-dealkylation sites (N-methyl/N-ethyl adjacent to an activating group) is 1. The van der Waals surface area contributed by atoms with Crippen molar-refractivity contribution in [2.24, 2.45) is 5.41 Å². The summed E-state index contributed by atoms with van der Waals surface area (Å²) < 4.78 is 10.9. The summed E-state index contributed by atoms with van der Waals surface area (Å²) in [7, 11) is 1.76. The maximum Gasteiger partial charge on any atom is 0.172 e. The molecule has 0 aromatic carbocycles. The fourth-order valence-electron chi connectivity index (χ4n) is 1.93. The lowest BCUT2D eigenvalue weighted by molar-refractivity contribution is -0.122. The predicted molar refractivity (Wildman–Crippen MR) is 83.1 cm³/mol. The van der Waals surface area contributed by atoms with Crippen molar-refractivity contribution in [1.29, 1.82) is 0 Å². The number of ether oxygens (including phenoxy) is 2. The molecule has 120 valence electrons. The molecule has 1 N–H and O–H groups in total. The SMILES string of the molecule is CCCCC(C)(C)CCOCCCOCC(=O)CNC. The minimum absolute atomic E-state index is 0.0890. The molecule has 0 aliphatic heterocycles. The molecule has 0 rings (SSSR count). The Bertz CT molecular complexity index is 242. The van der Waals surface area contributed by atoms with Gasteiger partial charge >= 0.3 is 0 Å². The number of ketones is 1. The Kier molecular flexibility index (Phi) is 12.0. The molecule has 0 heterocycles. The summed E-state index contributed by atoms with van der Waals surface area (Å²) in [6, 6.07) is 0. The van der Waals surface area contributed by atoms with Gasteiger partial charge in [-0.2, -0.15) is 0 Å². The Labute approximate surface area is 124 Å². The number of hydrogen-bond donors (Lipinski definition) is 1. The molecule has 0 fully saturated rings. The normalized spacial score (nSPS) is 11.8. The van der Waals surface area contributed by atoms with Gasteiger partial charge in [-0.25, -0.2) is 0 Å². The van der Waals surface area contributed by atoms with E-state index in [-0.39, 0.29) is 12.4 Å². The molecule has 4 nitrogen and oxygen atoms in total. The number of carbonyl (C=O) groups excluding carboxylic acids is 1. The molecule has 4 heteroatoms. The van der Waals surface area contributed by atoms with Gasteiger partial charge in [0.15, 0.2) is 5.78 Å². The average molecular weight is 287 g/mol. The van der Waals surface area contributed by atoms with Crippen molar-refractivity contribution >= 4 is 5.78 Å². The summed E-state index contributed by atoms with van der Waals surface area (Å²) in [5.41, 5.74) is 0.381. The second-order valence-electron chi connectivity index (χ2n) is 6.11. The summed E-state index contributed by atoms with van der Waals surface area (Å²) in [4.78, 5) is 11.2. The molecule has 0 saturated heterocycles. The van der Waals surface area contributed by atoms with E-state index in [9.17, 15) is 4.79 Å². The molecule has 0 aromatic heterocycles. The van der Waals surface area contributed by atoms with Crippen molar-refractivity contribution in [1.82, 2.24) is 5.32 Å². The van der Waals surface area contributed by atoms with Crippen LogP contribution in [0.3, 0.4) is 0 Å². The third-order valence-corrected chi connectivity index (χ3v) is 3.34. The molecule has 0 unspecified atom stereocenters. The Morgan fingerprint density at radius 1 is 1.05 bits per heavy atom. The highest BCUT2D eigenvalue weighted by molar-refractivity contribution is 5.81. The van der Waals surface area contributed by atoms with Crippen molar-refractivity contribution < 1.29 is 14.3 Å². The zero-order chi connectivity index (χ0) is 15.3. The van der Waals surface area contributed by atoms with Crippen LogP contribution in [-0.4, -0.2) is 45.8 Å². The van der Waals surface area contributed by atoms with E-state index >= 15 is 0 Å². The second-order valence-corrected chi connectivity index (χ2v) is 6.11. The molecular weight excluding hydrogens is 254 g/mol. The van der Waals surface area contributed by atoms with Crippen molar-refractivity contribution in [3.05, 3.63) is 0 Å². The van der Waals surface area contributed by atoms with E-state index in [1.54, 1.807) is 7.05 Å². The Morgan fingerprint density at radius 2 is 1.75 bits per heavy atom. The number of nitrogens with one attached hydrogen (secondary N) is 1. The van der Waals surface area contributed by atoms with Crippen LogP contribution in [0.5, 0.6) is 0 Å². The Balaban J connectivity index is 3.34. The minimum Gasteiger partial charge on any atom is -0.381 e. The van der Waals surface area contributed by atoms with Crippen LogP contribution in [0.1, 0.15) is 52.9 Å². The molecule has 0 saturated carbocycles. The molecule has 0 aliphatic carbocycles. The number of carbonyl (C=O) groups is 1. The molecule has 0 amide bonds. The highest BCUT2D eigenvalue weighted by Gasteiger charge is 2.16. The molecule has 0 aromatic rings. The monoisotopic (exact) mass is 287 g/mol. The van der Waals surface area contributed by atoms with E-state index in [2.05, 4.69) is 26.1 Å². The van der Waals surface area contributed by atoms with E-state index in [1.165, 1.54) is 19.3 Å². The van der Waals surface area contributed by atoms with Crippen LogP contribution in [0.4, 0.5) is 0 Å². The van der Waals surface area contributed by atoms with E-state index in [1.807, 2.05) is 0 Å². The van der Waals surface area contributed by atoms with E-state index < -0.39 is 0 Å². The first-order chi connectivity index (χ1) is 9.52. The summed E-state index contributed by atoms with van der Waals surface area (Å²) in [5.74, 6) is 0.0890. The van der Waals surface area contributed by atoms with Crippen LogP contribution >= 0.6 is 0 Å². The lowest BCUT2D eigenvalue weighted by atomic mass is 9.84. The maximum absolute atomic E-state index is 11.2. The number of unbranched alkanes of at least 4 members (excludes halogenated alkanes) is 1. The fourth-order valence-corrected chi connectivity index (χ4v) is 1.93. The lowest BCUT2D eigenvalue weighted by Crippen LogP contribution is -2.23. The van der Waals surface area contributed by atoms with Crippen LogP contribution in [-0.2, 0) is 14.3 Å². The molecule has 20 heavy (non-hydrogen) atoms. The molecule has 0 spiro atoms. The molecule has 0 bridgehead atoms. The van der Waals surface area contributed by atoms with E-state index in [4.69, 9.17) is 9.47 Å². The van der Waals surface area contributed by atoms with Crippen molar-refractivity contribution in [2.75, 3.05) is 40.0 Å². The Morgan fingerprint density at radius 3 is 2.40 bits per heavy atom. The van der Waals surface area contributed by atoms with Gasteiger partial charge in [0.1, 0.15) is 6.61 Å². The summed E-state index contributed by atoms with van der Waals surface area (Å²) in [5, 5.41) is 2.81. The molecule has 0 radical (unpaired) electrons. The first-order valence-corrected chi connectivity index (χ1v) is 7.83. The zero-order valence-electron chi connectivity index (χ0n) is 13.8. The Hall–Kier alpha value is -0.450. The van der Waals surface area contributed by atoms with E-state index in [0.717, 1.165) is 19.4 Å². The first-order valence-electron chi connectivity index (χ1n) is 7.83. The molecule has 0 aliphatic rings. The lowest BCUT2D eigenvalue weighted by Gasteiger charge is -2.24. The van der Waals surface area contributed by atoms with Gasteiger partial charge < -0.3 is 14.8 Å². The number of Topliss-reactive ketones (excluding diaryl/α,β-unsaturated/α-hetero) is 1. The van der Waals surface area contributed by atoms with Crippen LogP contribution in [0.15, 0.2) is 0 Å². The predicted octanol–water partition coefficient (Wildman–Crippen LogP) is 2.80. The smallest absolute Gasteiger partial charge is 0.172 e. The highest BCUT2D eigenvalue weighted by atomic mass is 16.5. The summed E-state index contributed by atoms with van der Waals surface area (Å²) in [6.45, 7) is 9.54.